The number of sulfonamides is 1. The molecule has 4 saturated carbocycles. The van der Waals surface area contributed by atoms with E-state index in [0.29, 0.717) is 17.3 Å². The summed E-state index contributed by atoms with van der Waals surface area (Å²) in [7, 11) is -4.35. The zero-order valence-corrected chi connectivity index (χ0v) is 23.4. The zero-order chi connectivity index (χ0) is 28.1. The number of nitro groups is 1. The van der Waals surface area contributed by atoms with Gasteiger partial charge in [-0.15, -0.1) is 0 Å². The van der Waals surface area contributed by atoms with Gasteiger partial charge in [0.2, 0.25) is 0 Å². The Kier molecular flexibility index (Phi) is 6.82. The largest absolute Gasteiger partial charge is 0.379 e. The van der Waals surface area contributed by atoms with E-state index in [1.165, 1.54) is 43.5 Å². The Morgan fingerprint density at radius 1 is 0.925 bits per heavy atom. The maximum absolute atomic E-state index is 13.0. The van der Waals surface area contributed by atoms with Crippen LogP contribution in [0, 0.1) is 33.3 Å². The third-order valence-corrected chi connectivity index (χ3v) is 10.4. The van der Waals surface area contributed by atoms with Gasteiger partial charge in [-0.1, -0.05) is 35.9 Å². The number of rotatable bonds is 8. The molecule has 3 aromatic rings. The van der Waals surface area contributed by atoms with Gasteiger partial charge in [0.1, 0.15) is 5.69 Å². The molecule has 2 N–H and O–H groups in total. The van der Waals surface area contributed by atoms with Crippen LogP contribution in [0.5, 0.6) is 0 Å². The first-order valence-electron chi connectivity index (χ1n) is 13.5. The van der Waals surface area contributed by atoms with Crippen LogP contribution >= 0.6 is 11.6 Å². The molecule has 208 valence electrons. The smallest absolute Gasteiger partial charge is 0.293 e. The summed E-state index contributed by atoms with van der Waals surface area (Å²) in [5, 5.41) is 15.8. The molecule has 0 unspecified atom stereocenters. The van der Waals surface area contributed by atoms with Crippen LogP contribution in [-0.4, -0.2) is 25.8 Å². The van der Waals surface area contributed by atoms with Crippen molar-refractivity contribution in [2.45, 2.75) is 43.4 Å². The van der Waals surface area contributed by atoms with Crippen LogP contribution in [0.3, 0.4) is 0 Å². The van der Waals surface area contributed by atoms with Crippen molar-refractivity contribution in [2.75, 3.05) is 11.9 Å². The van der Waals surface area contributed by atoms with E-state index in [1.54, 1.807) is 24.3 Å². The van der Waals surface area contributed by atoms with E-state index in [1.807, 2.05) is 16.9 Å². The van der Waals surface area contributed by atoms with Gasteiger partial charge in [-0.25, -0.2) is 13.1 Å². The summed E-state index contributed by atoms with van der Waals surface area (Å²) in [4.78, 5) is 23.8. The number of hydrogen-bond acceptors (Lipinski definition) is 6. The van der Waals surface area contributed by atoms with Crippen LogP contribution in [0.1, 0.15) is 48.9 Å². The molecular weight excluding hydrogens is 550 g/mol. The standard InChI is InChI=1S/C30H30ClN3O5S/c31-25-3-1-2-24(13-25)22-4-6-23(7-5-22)29(35)33-40(38,39)26-8-9-27(28(14-26)34(36)37)32-18-30-15-19-10-20(16-30)12-21(11-19)17-30/h1-9,13-14,19-21,32H,10-12,15-18H2,(H,33,35). The first-order chi connectivity index (χ1) is 19.1. The fourth-order valence-corrected chi connectivity index (χ4v) is 8.67. The van der Waals surface area contributed by atoms with Crippen LogP contribution in [0.4, 0.5) is 11.4 Å². The van der Waals surface area contributed by atoms with E-state index in [-0.39, 0.29) is 21.6 Å². The number of hydrogen-bond donors (Lipinski definition) is 2. The van der Waals surface area contributed by atoms with Gasteiger partial charge in [0.05, 0.1) is 9.82 Å². The zero-order valence-electron chi connectivity index (χ0n) is 21.8. The van der Waals surface area contributed by atoms with Gasteiger partial charge in [0.15, 0.2) is 0 Å². The number of carbonyl (C=O) groups excluding carboxylic acids is 1. The number of nitro benzene ring substituents is 1. The van der Waals surface area contributed by atoms with Gasteiger partial charge >= 0.3 is 0 Å². The molecule has 4 aliphatic carbocycles. The lowest BCUT2D eigenvalue weighted by Crippen LogP contribution is -2.49. The summed E-state index contributed by atoms with van der Waals surface area (Å²) in [6.45, 7) is 0.644. The molecule has 7 rings (SSSR count). The molecule has 0 spiro atoms. The minimum atomic E-state index is -4.35. The highest BCUT2D eigenvalue weighted by atomic mass is 35.5. The van der Waals surface area contributed by atoms with Gasteiger partial charge < -0.3 is 5.32 Å². The Morgan fingerprint density at radius 3 is 2.17 bits per heavy atom. The molecule has 1 amide bonds. The van der Waals surface area contributed by atoms with Crippen molar-refractivity contribution in [3.05, 3.63) is 87.4 Å². The van der Waals surface area contributed by atoms with Gasteiger partial charge in [-0.3, -0.25) is 14.9 Å². The monoisotopic (exact) mass is 579 g/mol. The highest BCUT2D eigenvalue weighted by Gasteiger charge is 2.50. The maximum Gasteiger partial charge on any atom is 0.293 e. The topological polar surface area (TPSA) is 118 Å². The van der Waals surface area contributed by atoms with Gasteiger partial charge in [0, 0.05) is 23.2 Å². The summed E-state index contributed by atoms with van der Waals surface area (Å²) in [5.74, 6) is 1.44. The van der Waals surface area contributed by atoms with E-state index in [0.717, 1.165) is 54.2 Å². The molecule has 4 fully saturated rings. The van der Waals surface area contributed by atoms with Crippen molar-refractivity contribution in [3.8, 4) is 11.1 Å². The molecule has 0 saturated heterocycles. The number of carbonyl (C=O) groups is 1. The first-order valence-corrected chi connectivity index (χ1v) is 15.4. The van der Waals surface area contributed by atoms with E-state index >= 15 is 0 Å². The molecule has 8 nitrogen and oxygen atoms in total. The SMILES string of the molecule is O=C(NS(=O)(=O)c1ccc(NCC23CC4CC(CC(C4)C2)C3)c([N+](=O)[O-])c1)c1ccc(-c2cccc(Cl)c2)cc1. The number of nitrogens with zero attached hydrogens (tertiary/aromatic N) is 1. The second kappa shape index (κ2) is 10.2. The quantitative estimate of drug-likeness (QED) is 0.227. The van der Waals surface area contributed by atoms with Gasteiger partial charge in [-0.05, 0) is 109 Å². The molecule has 10 heteroatoms. The average Bonchev–Trinajstić information content (AvgIpc) is 2.91. The third-order valence-electron chi connectivity index (χ3n) is 8.83. The van der Waals surface area contributed by atoms with Crippen molar-refractivity contribution in [2.24, 2.45) is 23.2 Å². The number of halogens is 1. The van der Waals surface area contributed by atoms with Crippen LogP contribution in [-0.2, 0) is 10.0 Å². The van der Waals surface area contributed by atoms with Crippen molar-refractivity contribution >= 4 is 38.9 Å². The second-order valence-electron chi connectivity index (χ2n) is 11.7. The molecule has 0 heterocycles. The molecule has 3 aromatic carbocycles. The van der Waals surface area contributed by atoms with E-state index in [4.69, 9.17) is 11.6 Å². The van der Waals surface area contributed by atoms with Gasteiger partial charge in [0.25, 0.3) is 21.6 Å². The molecule has 40 heavy (non-hydrogen) atoms. The lowest BCUT2D eigenvalue weighted by Gasteiger charge is -2.57. The predicted molar refractivity (Wildman–Crippen MR) is 154 cm³/mol. The fourth-order valence-electron chi connectivity index (χ4n) is 7.49. The molecule has 0 aromatic heterocycles. The maximum atomic E-state index is 13.0. The Balaban J connectivity index is 1.16. The summed E-state index contributed by atoms with van der Waals surface area (Å²) < 4.78 is 28.1. The van der Waals surface area contributed by atoms with Crippen molar-refractivity contribution in [1.82, 2.24) is 4.72 Å². The number of benzene rings is 3. The first kappa shape index (κ1) is 26.8. The van der Waals surface area contributed by atoms with Gasteiger partial charge in [-0.2, -0.15) is 0 Å². The lowest BCUT2D eigenvalue weighted by atomic mass is 9.49. The fraction of sp³-hybridized carbons (Fsp3) is 0.367. The van der Waals surface area contributed by atoms with E-state index < -0.39 is 20.9 Å². The Morgan fingerprint density at radius 2 is 1.57 bits per heavy atom. The average molecular weight is 580 g/mol. The van der Waals surface area contributed by atoms with E-state index in [9.17, 15) is 23.3 Å². The minimum Gasteiger partial charge on any atom is -0.379 e. The molecule has 0 radical (unpaired) electrons. The minimum absolute atomic E-state index is 0.137. The van der Waals surface area contributed by atoms with E-state index in [2.05, 4.69) is 5.32 Å². The number of anilines is 1. The van der Waals surface area contributed by atoms with Crippen molar-refractivity contribution in [3.63, 3.8) is 0 Å². The van der Waals surface area contributed by atoms with Crippen LogP contribution in [0.15, 0.2) is 71.6 Å². The third kappa shape index (κ3) is 5.32. The molecular formula is C30H30ClN3O5S. The Labute approximate surface area is 238 Å². The Bertz CT molecular complexity index is 1550. The van der Waals surface area contributed by atoms with Crippen LogP contribution in [0.25, 0.3) is 11.1 Å². The normalized spacial score (nSPS) is 25.0. The second-order valence-corrected chi connectivity index (χ2v) is 13.8. The van der Waals surface area contributed by atoms with Crippen LogP contribution in [0.2, 0.25) is 5.02 Å². The number of nitrogens with one attached hydrogen (secondary N) is 2. The predicted octanol–water partition coefficient (Wildman–Crippen LogP) is 6.66. The summed E-state index contributed by atoms with van der Waals surface area (Å²) in [5.41, 5.74) is 1.93. The molecule has 0 aliphatic heterocycles. The van der Waals surface area contributed by atoms with Crippen molar-refractivity contribution < 1.29 is 18.1 Å². The summed E-state index contributed by atoms with van der Waals surface area (Å²) >= 11 is 6.05. The summed E-state index contributed by atoms with van der Waals surface area (Å²) in [6, 6.07) is 17.4. The molecule has 4 bridgehead atoms. The summed E-state index contributed by atoms with van der Waals surface area (Å²) in [6.07, 6.45) is 7.38. The van der Waals surface area contributed by atoms with Crippen LogP contribution < -0.4 is 10.0 Å². The lowest BCUT2D eigenvalue weighted by molar-refractivity contribution is -0.384. The molecule has 4 aliphatic rings. The highest BCUT2D eigenvalue weighted by Crippen LogP contribution is 2.60. The highest BCUT2D eigenvalue weighted by molar-refractivity contribution is 7.90. The Hall–Kier alpha value is -3.43. The number of amides is 1. The molecule has 0 atom stereocenters. The van der Waals surface area contributed by atoms with Crippen molar-refractivity contribution in [1.29, 1.82) is 0 Å².